The van der Waals surface area contributed by atoms with E-state index < -0.39 is 0 Å². The van der Waals surface area contributed by atoms with Crippen LogP contribution >= 0.6 is 11.3 Å². The van der Waals surface area contributed by atoms with Crippen LogP contribution in [0.2, 0.25) is 0 Å². The number of hydrogen-bond donors (Lipinski definition) is 1. The van der Waals surface area contributed by atoms with Gasteiger partial charge in [0.2, 0.25) is 0 Å². The van der Waals surface area contributed by atoms with E-state index >= 15 is 0 Å². The van der Waals surface area contributed by atoms with Gasteiger partial charge in [-0.2, -0.15) is 0 Å². The van der Waals surface area contributed by atoms with Crippen LogP contribution in [0, 0.1) is 6.92 Å². The Labute approximate surface area is 119 Å². The molecule has 102 valence electrons. The van der Waals surface area contributed by atoms with E-state index in [2.05, 4.69) is 55.6 Å². The summed E-state index contributed by atoms with van der Waals surface area (Å²) >= 11 is 1.72. The second-order valence-corrected chi connectivity index (χ2v) is 5.88. The van der Waals surface area contributed by atoms with Gasteiger partial charge in [-0.25, -0.2) is 4.98 Å². The highest BCUT2D eigenvalue weighted by molar-refractivity contribution is 7.09. The van der Waals surface area contributed by atoms with Gasteiger partial charge in [0.1, 0.15) is 5.01 Å². The van der Waals surface area contributed by atoms with Crippen LogP contribution in [0.25, 0.3) is 0 Å². The molecule has 0 bridgehead atoms. The Morgan fingerprint density at radius 2 is 1.95 bits per heavy atom. The maximum Gasteiger partial charge on any atom is 0.115 e. The average molecular weight is 275 g/mol. The molecule has 0 spiro atoms. The maximum absolute atomic E-state index is 5.59. The Kier molecular flexibility index (Phi) is 4.69. The first-order chi connectivity index (χ1) is 9.11. The molecule has 1 unspecified atom stereocenters. The van der Waals surface area contributed by atoms with Crippen LogP contribution in [0.3, 0.4) is 0 Å². The summed E-state index contributed by atoms with van der Waals surface area (Å²) in [5.41, 5.74) is 9.25. The third kappa shape index (κ3) is 3.41. The van der Waals surface area contributed by atoms with Crippen LogP contribution in [0.4, 0.5) is 0 Å². The Balaban J connectivity index is 2.31. The van der Waals surface area contributed by atoms with E-state index in [1.165, 1.54) is 11.1 Å². The second-order valence-electron chi connectivity index (χ2n) is 4.99. The molecule has 3 nitrogen and oxygen atoms in total. The van der Waals surface area contributed by atoms with Crippen molar-refractivity contribution in [2.45, 2.75) is 19.4 Å². The van der Waals surface area contributed by atoms with Crippen molar-refractivity contribution >= 4 is 11.3 Å². The molecule has 4 heteroatoms. The highest BCUT2D eigenvalue weighted by Crippen LogP contribution is 2.29. The molecule has 0 aliphatic carbocycles. The summed E-state index contributed by atoms with van der Waals surface area (Å²) in [6, 6.07) is 8.89. The van der Waals surface area contributed by atoms with Gasteiger partial charge >= 0.3 is 0 Å². The lowest BCUT2D eigenvalue weighted by Crippen LogP contribution is -2.21. The van der Waals surface area contributed by atoms with Crippen molar-refractivity contribution in [1.82, 2.24) is 9.88 Å². The van der Waals surface area contributed by atoms with Gasteiger partial charge in [0, 0.05) is 11.8 Å². The van der Waals surface area contributed by atoms with Gasteiger partial charge in [0.25, 0.3) is 0 Å². The second kappa shape index (κ2) is 6.28. The summed E-state index contributed by atoms with van der Waals surface area (Å²) < 4.78 is 0. The summed E-state index contributed by atoms with van der Waals surface area (Å²) in [6.07, 6.45) is 0.852. The lowest BCUT2D eigenvalue weighted by atomic mass is 10.0. The molecular weight excluding hydrogens is 254 g/mol. The van der Waals surface area contributed by atoms with E-state index in [0.717, 1.165) is 17.1 Å². The molecule has 1 aromatic carbocycles. The van der Waals surface area contributed by atoms with Gasteiger partial charge in [0.05, 0.1) is 11.7 Å². The smallest absolute Gasteiger partial charge is 0.115 e. The topological polar surface area (TPSA) is 42.1 Å². The molecule has 0 aliphatic heterocycles. The molecule has 1 aromatic heterocycles. The van der Waals surface area contributed by atoms with Crippen LogP contribution in [0.5, 0.6) is 0 Å². The number of thiazole rings is 1. The lowest BCUT2D eigenvalue weighted by Gasteiger charge is -2.22. The summed E-state index contributed by atoms with van der Waals surface area (Å²) in [5.74, 6) is 0. The van der Waals surface area contributed by atoms with Crippen molar-refractivity contribution in [3.05, 3.63) is 51.5 Å². The molecule has 0 radical (unpaired) electrons. The number of nitrogens with zero attached hydrogens (tertiary/aromatic N) is 2. The van der Waals surface area contributed by atoms with Gasteiger partial charge in [-0.3, -0.25) is 4.90 Å². The largest absolute Gasteiger partial charge is 0.330 e. The van der Waals surface area contributed by atoms with Crippen molar-refractivity contribution in [3.63, 3.8) is 0 Å². The molecule has 19 heavy (non-hydrogen) atoms. The molecule has 0 amide bonds. The first kappa shape index (κ1) is 14.2. The minimum atomic E-state index is 0.220. The van der Waals surface area contributed by atoms with Gasteiger partial charge in [-0.1, -0.05) is 29.8 Å². The first-order valence-electron chi connectivity index (χ1n) is 6.49. The van der Waals surface area contributed by atoms with Crippen molar-refractivity contribution in [1.29, 1.82) is 0 Å². The highest BCUT2D eigenvalue weighted by atomic mass is 32.1. The molecule has 1 heterocycles. The van der Waals surface area contributed by atoms with Crippen LogP contribution in [0.1, 0.15) is 27.9 Å². The lowest BCUT2D eigenvalue weighted by molar-refractivity contribution is 0.341. The van der Waals surface area contributed by atoms with Crippen LogP contribution in [-0.4, -0.2) is 30.5 Å². The Morgan fingerprint density at radius 1 is 1.26 bits per heavy atom. The molecule has 2 N–H and O–H groups in total. The predicted octanol–water partition coefficient (Wildman–Crippen LogP) is 2.60. The van der Waals surface area contributed by atoms with Crippen LogP contribution < -0.4 is 5.73 Å². The number of benzene rings is 1. The Hall–Kier alpha value is -1.23. The number of aromatic nitrogens is 1. The predicted molar refractivity (Wildman–Crippen MR) is 81.6 cm³/mol. The average Bonchev–Trinajstić information content (AvgIpc) is 2.80. The minimum absolute atomic E-state index is 0.220. The molecule has 0 saturated carbocycles. The van der Waals surface area contributed by atoms with Gasteiger partial charge in [-0.15, -0.1) is 11.3 Å². The van der Waals surface area contributed by atoms with E-state index in [0.29, 0.717) is 6.54 Å². The van der Waals surface area contributed by atoms with Crippen LogP contribution in [-0.2, 0) is 6.42 Å². The minimum Gasteiger partial charge on any atom is -0.330 e. The fraction of sp³-hybridized carbons (Fsp3) is 0.400. The fourth-order valence-corrected chi connectivity index (χ4v) is 3.19. The summed E-state index contributed by atoms with van der Waals surface area (Å²) in [6.45, 7) is 2.76. The molecule has 1 atom stereocenters. The Morgan fingerprint density at radius 3 is 2.53 bits per heavy atom. The molecule has 2 aromatic rings. The maximum atomic E-state index is 5.59. The van der Waals surface area contributed by atoms with Crippen molar-refractivity contribution in [2.24, 2.45) is 5.73 Å². The Bertz CT molecular complexity index is 516. The van der Waals surface area contributed by atoms with Crippen molar-refractivity contribution < 1.29 is 0 Å². The monoisotopic (exact) mass is 275 g/mol. The van der Waals surface area contributed by atoms with E-state index in [1.54, 1.807) is 11.3 Å². The molecule has 2 rings (SSSR count). The van der Waals surface area contributed by atoms with E-state index in [1.807, 2.05) is 0 Å². The van der Waals surface area contributed by atoms with Crippen molar-refractivity contribution in [2.75, 3.05) is 20.6 Å². The fourth-order valence-electron chi connectivity index (χ4n) is 2.12. The summed E-state index contributed by atoms with van der Waals surface area (Å²) in [7, 11) is 4.18. The summed E-state index contributed by atoms with van der Waals surface area (Å²) in [4.78, 5) is 6.92. The number of rotatable bonds is 5. The van der Waals surface area contributed by atoms with E-state index in [9.17, 15) is 0 Å². The zero-order valence-electron chi connectivity index (χ0n) is 11.8. The normalized spacial score (nSPS) is 12.9. The molecule has 0 aliphatic rings. The zero-order chi connectivity index (χ0) is 13.8. The molecule has 0 fully saturated rings. The van der Waals surface area contributed by atoms with Gasteiger partial charge in [-0.05, 0) is 33.1 Å². The van der Waals surface area contributed by atoms with Gasteiger partial charge in [0.15, 0.2) is 0 Å². The zero-order valence-corrected chi connectivity index (χ0v) is 12.6. The van der Waals surface area contributed by atoms with E-state index in [4.69, 9.17) is 10.7 Å². The third-order valence-corrected chi connectivity index (χ3v) is 4.06. The highest BCUT2D eigenvalue weighted by Gasteiger charge is 2.19. The number of nitrogens with two attached hydrogens (primary N) is 1. The standard InChI is InChI=1S/C15H21N3S/c1-11-4-6-12(7-5-11)14(18(2)3)15-17-13(8-9-16)10-19-15/h4-7,10,14H,8-9,16H2,1-3H3. The number of hydrogen-bond acceptors (Lipinski definition) is 4. The first-order valence-corrected chi connectivity index (χ1v) is 7.37. The quantitative estimate of drug-likeness (QED) is 0.912. The molecule has 0 saturated heterocycles. The van der Waals surface area contributed by atoms with Crippen LogP contribution in [0.15, 0.2) is 29.6 Å². The van der Waals surface area contributed by atoms with E-state index in [-0.39, 0.29) is 6.04 Å². The SMILES string of the molecule is Cc1ccc(C(c2nc(CCN)cs2)N(C)C)cc1. The van der Waals surface area contributed by atoms with Crippen molar-refractivity contribution in [3.8, 4) is 0 Å². The third-order valence-electron chi connectivity index (χ3n) is 3.11. The number of aryl methyl sites for hydroxylation is 1. The van der Waals surface area contributed by atoms with Gasteiger partial charge < -0.3 is 5.73 Å². The summed E-state index contributed by atoms with van der Waals surface area (Å²) in [5, 5.41) is 3.25. The molecular formula is C15H21N3S.